The van der Waals surface area contributed by atoms with Crippen LogP contribution in [0.1, 0.15) is 31.7 Å². The smallest absolute Gasteiger partial charge is 0.171 e. The van der Waals surface area contributed by atoms with Crippen molar-refractivity contribution >= 4 is 23.3 Å². The fourth-order valence-corrected chi connectivity index (χ4v) is 2.82. The lowest BCUT2D eigenvalue weighted by atomic mass is 9.95. The van der Waals surface area contributed by atoms with E-state index in [4.69, 9.17) is 22.5 Å². The first-order valence-corrected chi connectivity index (χ1v) is 6.92. The van der Waals surface area contributed by atoms with Gasteiger partial charge in [-0.1, -0.05) is 30.1 Å². The van der Waals surface area contributed by atoms with Crippen LogP contribution in [-0.2, 0) is 0 Å². The lowest BCUT2D eigenvalue weighted by Gasteiger charge is -2.33. The average Bonchev–Trinajstić information content (AvgIpc) is 2.46. The van der Waals surface area contributed by atoms with Crippen LogP contribution in [0.4, 0.5) is 5.82 Å². The summed E-state index contributed by atoms with van der Waals surface area (Å²) in [5.41, 5.74) is 6.14. The Balaban J connectivity index is 2.30. The highest BCUT2D eigenvalue weighted by molar-refractivity contribution is 6.36. The van der Waals surface area contributed by atoms with Gasteiger partial charge in [-0.25, -0.2) is 4.98 Å². The topological polar surface area (TPSA) is 74.7 Å². The number of nitrogens with zero attached hydrogens (tertiary/aromatic N) is 3. The molecule has 19 heavy (non-hydrogen) atoms. The molecule has 0 bridgehead atoms. The molecule has 5 nitrogen and oxygen atoms in total. The van der Waals surface area contributed by atoms with Gasteiger partial charge in [0.15, 0.2) is 5.84 Å². The molecule has 0 amide bonds. The van der Waals surface area contributed by atoms with Gasteiger partial charge in [0.25, 0.3) is 0 Å². The maximum atomic E-state index is 8.76. The summed E-state index contributed by atoms with van der Waals surface area (Å²) in [5, 5.41) is 12.2. The zero-order valence-electron chi connectivity index (χ0n) is 11.0. The van der Waals surface area contributed by atoms with Crippen molar-refractivity contribution in [2.24, 2.45) is 16.8 Å². The maximum absolute atomic E-state index is 8.76. The van der Waals surface area contributed by atoms with Crippen molar-refractivity contribution in [1.82, 2.24) is 4.98 Å². The SMILES string of the molecule is CCC1CCCN(c2nccc(/C(N)=N/O)c2Cl)C1. The van der Waals surface area contributed by atoms with E-state index < -0.39 is 0 Å². The summed E-state index contributed by atoms with van der Waals surface area (Å²) in [4.78, 5) is 6.54. The van der Waals surface area contributed by atoms with E-state index in [1.165, 1.54) is 6.42 Å². The first kappa shape index (κ1) is 13.9. The molecule has 1 atom stereocenters. The van der Waals surface area contributed by atoms with Crippen molar-refractivity contribution in [1.29, 1.82) is 0 Å². The molecule has 0 aromatic carbocycles. The molecule has 0 radical (unpaired) electrons. The molecule has 0 aliphatic carbocycles. The Hall–Kier alpha value is -1.49. The molecule has 1 unspecified atom stereocenters. The second-order valence-corrected chi connectivity index (χ2v) is 5.22. The van der Waals surface area contributed by atoms with Crippen LogP contribution in [0.15, 0.2) is 17.4 Å². The minimum atomic E-state index is 0.0118. The van der Waals surface area contributed by atoms with Gasteiger partial charge in [-0.15, -0.1) is 0 Å². The van der Waals surface area contributed by atoms with Crippen LogP contribution >= 0.6 is 11.6 Å². The summed E-state index contributed by atoms with van der Waals surface area (Å²) in [5.74, 6) is 1.42. The van der Waals surface area contributed by atoms with Crippen molar-refractivity contribution in [3.8, 4) is 0 Å². The molecular weight excluding hydrogens is 264 g/mol. The Morgan fingerprint density at radius 3 is 3.16 bits per heavy atom. The first-order chi connectivity index (χ1) is 9.17. The first-order valence-electron chi connectivity index (χ1n) is 6.54. The third-order valence-corrected chi connectivity index (χ3v) is 4.02. The summed E-state index contributed by atoms with van der Waals surface area (Å²) in [6.45, 7) is 4.11. The average molecular weight is 283 g/mol. The van der Waals surface area contributed by atoms with Gasteiger partial charge in [-0.05, 0) is 24.8 Å². The summed E-state index contributed by atoms with van der Waals surface area (Å²) in [7, 11) is 0. The van der Waals surface area contributed by atoms with Gasteiger partial charge in [0.05, 0.1) is 5.02 Å². The Labute approximate surface area is 118 Å². The number of aromatic nitrogens is 1. The summed E-state index contributed by atoms with van der Waals surface area (Å²) in [6, 6.07) is 1.65. The minimum absolute atomic E-state index is 0.0118. The number of halogens is 1. The normalized spacial score (nSPS) is 20.6. The number of anilines is 1. The highest BCUT2D eigenvalue weighted by atomic mass is 35.5. The van der Waals surface area contributed by atoms with Gasteiger partial charge in [0.1, 0.15) is 5.82 Å². The number of oxime groups is 1. The number of nitrogens with two attached hydrogens (primary N) is 1. The quantitative estimate of drug-likeness (QED) is 0.386. The molecule has 6 heteroatoms. The monoisotopic (exact) mass is 282 g/mol. The highest BCUT2D eigenvalue weighted by Crippen LogP contribution is 2.30. The number of amidine groups is 1. The zero-order valence-corrected chi connectivity index (χ0v) is 11.8. The lowest BCUT2D eigenvalue weighted by molar-refractivity contribution is 0.318. The summed E-state index contributed by atoms with van der Waals surface area (Å²) in [6.07, 6.45) is 5.20. The fourth-order valence-electron chi connectivity index (χ4n) is 2.50. The number of rotatable bonds is 3. The van der Waals surface area contributed by atoms with E-state index in [2.05, 4.69) is 22.0 Å². The van der Waals surface area contributed by atoms with E-state index in [1.807, 2.05) is 0 Å². The van der Waals surface area contributed by atoms with E-state index in [0.717, 1.165) is 31.7 Å². The predicted molar refractivity (Wildman–Crippen MR) is 77.0 cm³/mol. The van der Waals surface area contributed by atoms with Gasteiger partial charge in [0, 0.05) is 24.8 Å². The molecule has 1 saturated heterocycles. The second kappa shape index (κ2) is 6.10. The van der Waals surface area contributed by atoms with Crippen LogP contribution < -0.4 is 10.6 Å². The lowest BCUT2D eigenvalue weighted by Crippen LogP contribution is -2.36. The van der Waals surface area contributed by atoms with Crippen LogP contribution in [-0.4, -0.2) is 29.1 Å². The summed E-state index contributed by atoms with van der Waals surface area (Å²) < 4.78 is 0. The van der Waals surface area contributed by atoms with Crippen LogP contribution in [0.25, 0.3) is 0 Å². The molecule has 1 aliphatic rings. The molecule has 0 spiro atoms. The largest absolute Gasteiger partial charge is 0.409 e. The Kier molecular flexibility index (Phi) is 4.47. The second-order valence-electron chi connectivity index (χ2n) is 4.84. The van der Waals surface area contributed by atoms with Crippen molar-refractivity contribution in [3.63, 3.8) is 0 Å². The van der Waals surface area contributed by atoms with Crippen LogP contribution in [0.2, 0.25) is 5.02 Å². The van der Waals surface area contributed by atoms with Crippen molar-refractivity contribution < 1.29 is 5.21 Å². The molecule has 1 aliphatic heterocycles. The molecule has 1 fully saturated rings. The molecule has 2 heterocycles. The highest BCUT2D eigenvalue weighted by Gasteiger charge is 2.22. The number of piperidine rings is 1. The van der Waals surface area contributed by atoms with Gasteiger partial charge in [-0.2, -0.15) is 0 Å². The third kappa shape index (κ3) is 2.92. The molecule has 3 N–H and O–H groups in total. The van der Waals surface area contributed by atoms with Crippen molar-refractivity contribution in [2.75, 3.05) is 18.0 Å². The van der Waals surface area contributed by atoms with E-state index in [0.29, 0.717) is 16.5 Å². The number of hydrogen-bond acceptors (Lipinski definition) is 4. The third-order valence-electron chi connectivity index (χ3n) is 3.65. The van der Waals surface area contributed by atoms with Crippen molar-refractivity contribution in [2.45, 2.75) is 26.2 Å². The molecule has 0 saturated carbocycles. The summed E-state index contributed by atoms with van der Waals surface area (Å²) >= 11 is 6.33. The van der Waals surface area contributed by atoms with Gasteiger partial charge in [-0.3, -0.25) is 0 Å². The Morgan fingerprint density at radius 1 is 1.68 bits per heavy atom. The fraction of sp³-hybridized carbons (Fsp3) is 0.538. The predicted octanol–water partition coefficient (Wildman–Crippen LogP) is 2.46. The number of hydrogen-bond donors (Lipinski definition) is 2. The van der Waals surface area contributed by atoms with Gasteiger partial charge in [0.2, 0.25) is 0 Å². The van der Waals surface area contributed by atoms with E-state index >= 15 is 0 Å². The molecule has 1 aromatic rings. The van der Waals surface area contributed by atoms with Gasteiger partial charge >= 0.3 is 0 Å². The Morgan fingerprint density at radius 2 is 2.47 bits per heavy atom. The van der Waals surface area contributed by atoms with Crippen LogP contribution in [0.3, 0.4) is 0 Å². The number of pyridine rings is 1. The Bertz CT molecular complexity index is 478. The standard InChI is InChI=1S/C13H19ClN4O/c1-2-9-4-3-7-18(8-9)13-11(14)10(5-6-16-13)12(15)17-19/h5-6,9,19H,2-4,7-8H2,1H3,(H2,15,17). The van der Waals surface area contributed by atoms with Gasteiger partial charge < -0.3 is 15.8 Å². The van der Waals surface area contributed by atoms with E-state index in [1.54, 1.807) is 12.3 Å². The molecular formula is C13H19ClN4O. The molecule has 104 valence electrons. The molecule has 1 aromatic heterocycles. The van der Waals surface area contributed by atoms with E-state index in [-0.39, 0.29) is 5.84 Å². The molecule has 2 rings (SSSR count). The maximum Gasteiger partial charge on any atom is 0.171 e. The van der Waals surface area contributed by atoms with E-state index in [9.17, 15) is 0 Å². The minimum Gasteiger partial charge on any atom is -0.409 e. The zero-order chi connectivity index (χ0) is 13.8. The van der Waals surface area contributed by atoms with Crippen LogP contribution in [0.5, 0.6) is 0 Å². The van der Waals surface area contributed by atoms with Crippen LogP contribution in [0, 0.1) is 5.92 Å². The van der Waals surface area contributed by atoms with Crippen molar-refractivity contribution in [3.05, 3.63) is 22.8 Å².